The zero-order valence-corrected chi connectivity index (χ0v) is 55.9. The number of carbonyl (C=O) groups excluding carboxylic acids is 4. The van der Waals surface area contributed by atoms with Gasteiger partial charge in [0.1, 0.15) is 0 Å². The van der Waals surface area contributed by atoms with E-state index in [-0.39, 0.29) is 22.5 Å². The lowest BCUT2D eigenvalue weighted by Gasteiger charge is -2.44. The molecule has 22 nitrogen and oxygen atoms in total. The maximum Gasteiger partial charge on any atom is 0.387 e. The summed E-state index contributed by atoms with van der Waals surface area (Å²) in [7, 11) is 4.75. The first kappa shape index (κ1) is 74.7. The summed E-state index contributed by atoms with van der Waals surface area (Å²) >= 11 is 0. The minimum Gasteiger partial charge on any atom is -0.554 e. The number of carboxylic acid groups (broad SMARTS) is 2. The Labute approximate surface area is 572 Å². The molecule has 536 valence electrons. The number of alkyl halides is 4. The SMILES string of the molecule is CCc1c(C(N)=O)ccc(Nc2nccn3c(-c4ccc(OC(F)F)c(F)c4F)cnc23)c1CCC1CC[N+](C)(CC2CNC2)CC1.CCc1c(C(N)=O)ccc(Nc2nccn3c(-c4ccc(OC(F)F)c(F)c4F)cnc23)c1CCC1CC[N+](C)(CC2CNC2)CC1.O=C[O-].O=C[O-]. The number of imidazole rings is 2. The third kappa shape index (κ3) is 17.5. The Kier molecular flexibility index (Phi) is 25.1. The highest BCUT2D eigenvalue weighted by Gasteiger charge is 2.37. The third-order valence-corrected chi connectivity index (χ3v) is 19.6. The molecule has 4 aliphatic rings. The van der Waals surface area contributed by atoms with Gasteiger partial charge in [-0.1, -0.05) is 13.8 Å². The molecule has 4 aromatic heterocycles. The smallest absolute Gasteiger partial charge is 0.387 e. The number of rotatable bonds is 24. The van der Waals surface area contributed by atoms with Crippen LogP contribution in [0.2, 0.25) is 0 Å². The number of benzene rings is 4. The van der Waals surface area contributed by atoms with Crippen LogP contribution in [-0.4, -0.2) is 155 Å². The highest BCUT2D eigenvalue weighted by Crippen LogP contribution is 2.39. The van der Waals surface area contributed by atoms with E-state index in [0.29, 0.717) is 58.7 Å². The van der Waals surface area contributed by atoms with Crippen LogP contribution in [0.25, 0.3) is 33.8 Å². The fourth-order valence-corrected chi connectivity index (χ4v) is 14.3. The monoisotopic (exact) mass is 1400 g/mol. The summed E-state index contributed by atoms with van der Waals surface area (Å²) in [5.41, 5.74) is 18.5. The van der Waals surface area contributed by atoms with Crippen LogP contribution in [-0.2, 0) is 35.3 Å². The number of hydrogen-bond acceptors (Lipinski definition) is 16. The van der Waals surface area contributed by atoms with E-state index in [2.05, 4.69) is 64.8 Å². The quantitative estimate of drug-likeness (QED) is 0.0189. The molecular weight excluding hydrogens is 1320 g/mol. The molecule has 8 aromatic rings. The largest absolute Gasteiger partial charge is 0.554 e. The first-order chi connectivity index (χ1) is 48.0. The Bertz CT molecular complexity index is 3910. The van der Waals surface area contributed by atoms with Crippen LogP contribution in [0.5, 0.6) is 11.5 Å². The topological polar surface area (TPSA) is 293 Å². The number of ether oxygens (including phenoxy) is 2. The normalized spacial score (nSPS) is 19.1. The predicted octanol–water partition coefficient (Wildman–Crippen LogP) is 8.11. The van der Waals surface area contributed by atoms with Gasteiger partial charge in [0.05, 0.1) is 77.1 Å². The van der Waals surface area contributed by atoms with Crippen molar-refractivity contribution in [2.24, 2.45) is 35.1 Å². The number of carbonyl (C=O) groups is 4. The molecule has 4 aromatic carbocycles. The molecule has 4 fully saturated rings. The molecule has 4 aliphatic heterocycles. The molecule has 0 atom stereocenters. The first-order valence-corrected chi connectivity index (χ1v) is 33.1. The van der Waals surface area contributed by atoms with Crippen LogP contribution in [0, 0.1) is 46.9 Å². The number of nitrogens with zero attached hydrogens (tertiary/aromatic N) is 8. The van der Waals surface area contributed by atoms with E-state index in [0.717, 1.165) is 170 Å². The van der Waals surface area contributed by atoms with Gasteiger partial charge in [-0.2, -0.15) is 26.3 Å². The second-order valence-corrected chi connectivity index (χ2v) is 26.1. The van der Waals surface area contributed by atoms with Crippen molar-refractivity contribution in [3.63, 3.8) is 0 Å². The number of hydrogen-bond donors (Lipinski definition) is 6. The summed E-state index contributed by atoms with van der Waals surface area (Å²) in [5, 5.41) is 30.0. The standard InChI is InChI=1S/2C34H39F4N7O2.2CH2O2/c2*1-3-22-23(5-4-20-10-14-45(2,15-11-20)19-21-16-40-17-21)26(8-6-24(22)31(39)46)43-32-33-42-18-27(44(33)13-12-41-32)25-7-9-28(47-34(37)38)30(36)29(25)35;2*2-1-3/h2*6-9,12-13,18,20-21,34,40H,3-5,10-11,14-17,19H2,1-2H3,(H2-,39,41,43,46);2*1H,(H,2,3). The van der Waals surface area contributed by atoms with E-state index >= 15 is 8.78 Å². The fourth-order valence-electron chi connectivity index (χ4n) is 14.3. The predicted molar refractivity (Wildman–Crippen MR) is 354 cm³/mol. The van der Waals surface area contributed by atoms with E-state index < -0.39 is 72.7 Å². The molecule has 0 bridgehead atoms. The minimum absolute atomic E-state index is 0.180. The number of nitrogens with two attached hydrogens (primary N) is 2. The number of quaternary nitrogens is 2. The molecule has 0 spiro atoms. The highest BCUT2D eigenvalue weighted by atomic mass is 19.3. The second kappa shape index (κ2) is 33.6. The number of halogens is 8. The lowest BCUT2D eigenvalue weighted by molar-refractivity contribution is -0.918. The second-order valence-electron chi connectivity index (χ2n) is 26.1. The van der Waals surface area contributed by atoms with E-state index in [1.54, 1.807) is 24.5 Å². The summed E-state index contributed by atoms with van der Waals surface area (Å²) in [6.07, 6.45) is 18.1. The van der Waals surface area contributed by atoms with Crippen molar-refractivity contribution in [1.82, 2.24) is 39.4 Å². The first-order valence-electron chi connectivity index (χ1n) is 33.1. The molecule has 0 saturated carbocycles. The van der Waals surface area contributed by atoms with E-state index in [9.17, 15) is 35.9 Å². The number of fused-ring (bicyclic) bond motifs is 2. The van der Waals surface area contributed by atoms with Crippen molar-refractivity contribution in [1.29, 1.82) is 0 Å². The Morgan fingerprint density at radius 1 is 0.570 bits per heavy atom. The summed E-state index contributed by atoms with van der Waals surface area (Å²) in [6, 6.07) is 11.3. The van der Waals surface area contributed by atoms with Crippen LogP contribution in [0.4, 0.5) is 58.1 Å². The van der Waals surface area contributed by atoms with E-state index in [1.807, 2.05) is 26.0 Å². The van der Waals surface area contributed by atoms with Crippen molar-refractivity contribution in [2.45, 2.75) is 91.3 Å². The van der Waals surface area contributed by atoms with Crippen molar-refractivity contribution in [3.05, 3.63) is 142 Å². The van der Waals surface area contributed by atoms with Gasteiger partial charge in [-0.15, -0.1) is 0 Å². The van der Waals surface area contributed by atoms with Crippen LogP contribution in [0.3, 0.4) is 0 Å². The molecule has 8 N–H and O–H groups in total. The molecule has 2 amide bonds. The van der Waals surface area contributed by atoms with Gasteiger partial charge < -0.3 is 71.0 Å². The minimum atomic E-state index is -3.29. The van der Waals surface area contributed by atoms with Crippen LogP contribution in [0.1, 0.15) is 95.3 Å². The van der Waals surface area contributed by atoms with Gasteiger partial charge in [-0.05, 0) is 147 Å². The molecule has 12 rings (SSSR count). The number of amides is 2. The summed E-state index contributed by atoms with van der Waals surface area (Å²) in [5.74, 6) is -5.04. The van der Waals surface area contributed by atoms with E-state index in [4.69, 9.17) is 31.3 Å². The van der Waals surface area contributed by atoms with Gasteiger partial charge in [-0.25, -0.2) is 28.7 Å². The molecule has 8 heterocycles. The fraction of sp³-hybridized carbons (Fsp3) is 0.429. The average Bonchev–Trinajstić information content (AvgIpc) is 1.59. The molecule has 0 aliphatic carbocycles. The van der Waals surface area contributed by atoms with Crippen molar-refractivity contribution >= 4 is 59.1 Å². The lowest BCUT2D eigenvalue weighted by atomic mass is 9.86. The van der Waals surface area contributed by atoms with Gasteiger partial charge >= 0.3 is 13.2 Å². The molecule has 4 saturated heterocycles. The summed E-state index contributed by atoms with van der Waals surface area (Å²) in [6.45, 7) is 7.98. The summed E-state index contributed by atoms with van der Waals surface area (Å²) < 4.78 is 123. The van der Waals surface area contributed by atoms with Gasteiger partial charge in [0.25, 0.3) is 0 Å². The molecular formula is C70H82F8N14O8. The zero-order valence-electron chi connectivity index (χ0n) is 55.9. The van der Waals surface area contributed by atoms with Crippen LogP contribution in [0.15, 0.2) is 85.7 Å². The average molecular weight is 1400 g/mol. The van der Waals surface area contributed by atoms with Crippen molar-refractivity contribution < 1.29 is 83.0 Å². The third-order valence-electron chi connectivity index (χ3n) is 19.6. The Morgan fingerprint density at radius 2 is 0.930 bits per heavy atom. The molecule has 30 heteroatoms. The number of likely N-dealkylation sites (tertiary alicyclic amines) is 2. The molecule has 0 radical (unpaired) electrons. The van der Waals surface area contributed by atoms with Crippen molar-refractivity contribution in [2.75, 3.05) is 90.2 Å². The van der Waals surface area contributed by atoms with Gasteiger partial charge in [0, 0.05) is 109 Å². The van der Waals surface area contributed by atoms with Gasteiger partial charge in [0.15, 0.2) is 46.1 Å². The maximum absolute atomic E-state index is 15.0. The highest BCUT2D eigenvalue weighted by molar-refractivity contribution is 5.96. The zero-order chi connectivity index (χ0) is 72.0. The number of primary amides is 2. The van der Waals surface area contributed by atoms with Crippen LogP contribution >= 0.6 is 0 Å². The Balaban J connectivity index is 0.000000216. The summed E-state index contributed by atoms with van der Waals surface area (Å²) in [4.78, 5) is 59.1. The maximum atomic E-state index is 15.0. The van der Waals surface area contributed by atoms with Crippen LogP contribution < -0.4 is 52.4 Å². The number of aromatic nitrogens is 6. The molecule has 100 heavy (non-hydrogen) atoms. The Morgan fingerprint density at radius 3 is 1.24 bits per heavy atom. The van der Waals surface area contributed by atoms with Gasteiger partial charge in [0.2, 0.25) is 23.4 Å². The Hall–Kier alpha value is -9.52. The molecule has 0 unspecified atom stereocenters. The van der Waals surface area contributed by atoms with Crippen molar-refractivity contribution in [3.8, 4) is 34.0 Å². The number of nitrogens with one attached hydrogen (secondary N) is 4. The number of anilines is 4. The lowest BCUT2D eigenvalue weighted by Crippen LogP contribution is -2.57. The van der Waals surface area contributed by atoms with Gasteiger partial charge in [-0.3, -0.25) is 18.4 Å². The number of piperidine rings is 2. The van der Waals surface area contributed by atoms with E-state index in [1.165, 1.54) is 58.8 Å².